The molecule has 1 saturated heterocycles. The second-order valence-corrected chi connectivity index (χ2v) is 7.12. The van der Waals surface area contributed by atoms with Crippen LogP contribution < -0.4 is 10.2 Å². The fraction of sp³-hybridized carbons (Fsp3) is 0.625. The number of hydrogen-bond acceptors (Lipinski definition) is 2. The molecular weight excluding hydrogens is 291 g/mol. The van der Waals surface area contributed by atoms with E-state index in [0.717, 1.165) is 31.1 Å². The van der Waals surface area contributed by atoms with E-state index in [1.54, 1.807) is 0 Å². The smallest absolute Gasteiger partial charge is 0.0825 e. The van der Waals surface area contributed by atoms with E-state index in [9.17, 15) is 0 Å². The average Bonchev–Trinajstić information content (AvgIpc) is 3.27. The molecule has 1 saturated carbocycles. The molecule has 0 amide bonds. The summed E-state index contributed by atoms with van der Waals surface area (Å²) < 4.78 is 0. The summed E-state index contributed by atoms with van der Waals surface area (Å²) in [5.41, 5.74) is 1.29. The molecular formula is C16H22Cl2N2. The summed E-state index contributed by atoms with van der Waals surface area (Å²) in [4.78, 5) is 2.46. The van der Waals surface area contributed by atoms with Crippen molar-refractivity contribution in [1.29, 1.82) is 0 Å². The van der Waals surface area contributed by atoms with Gasteiger partial charge in [0.1, 0.15) is 0 Å². The number of nitrogens with one attached hydrogen (secondary N) is 1. The van der Waals surface area contributed by atoms with E-state index in [4.69, 9.17) is 23.2 Å². The zero-order valence-electron chi connectivity index (χ0n) is 12.1. The van der Waals surface area contributed by atoms with E-state index in [-0.39, 0.29) is 5.54 Å². The van der Waals surface area contributed by atoms with Crippen LogP contribution in [-0.4, -0.2) is 24.7 Å². The fourth-order valence-corrected chi connectivity index (χ4v) is 3.76. The van der Waals surface area contributed by atoms with Crippen LogP contribution in [0.3, 0.4) is 0 Å². The van der Waals surface area contributed by atoms with Crippen molar-refractivity contribution in [3.05, 3.63) is 28.2 Å². The maximum absolute atomic E-state index is 6.44. The molecule has 20 heavy (non-hydrogen) atoms. The lowest BCUT2D eigenvalue weighted by atomic mass is 9.90. The minimum Gasteiger partial charge on any atom is -0.364 e. The summed E-state index contributed by atoms with van der Waals surface area (Å²) >= 11 is 12.6. The Labute approximate surface area is 131 Å². The normalized spacial score (nSPS) is 30.6. The minimum atomic E-state index is 0.206. The Morgan fingerprint density at radius 3 is 2.75 bits per heavy atom. The Hall–Kier alpha value is -0.440. The largest absolute Gasteiger partial charge is 0.364 e. The monoisotopic (exact) mass is 312 g/mol. The molecule has 2 unspecified atom stereocenters. The molecule has 4 heteroatoms. The molecule has 1 aliphatic carbocycles. The molecule has 110 valence electrons. The van der Waals surface area contributed by atoms with Gasteiger partial charge in [-0.1, -0.05) is 36.2 Å². The Morgan fingerprint density at radius 1 is 1.35 bits per heavy atom. The third-order valence-electron chi connectivity index (χ3n) is 4.87. The van der Waals surface area contributed by atoms with Crippen molar-refractivity contribution in [3.8, 4) is 0 Å². The van der Waals surface area contributed by atoms with E-state index in [1.165, 1.54) is 12.8 Å². The third-order valence-corrected chi connectivity index (χ3v) is 5.68. The van der Waals surface area contributed by atoms with E-state index in [2.05, 4.69) is 30.1 Å². The summed E-state index contributed by atoms with van der Waals surface area (Å²) in [6, 6.07) is 6.43. The third kappa shape index (κ3) is 2.54. The molecule has 2 aliphatic rings. The Bertz CT molecular complexity index is 501. The van der Waals surface area contributed by atoms with E-state index in [0.29, 0.717) is 16.1 Å². The average molecular weight is 313 g/mol. The summed E-state index contributed by atoms with van der Waals surface area (Å²) in [5.74, 6) is 0.806. The second kappa shape index (κ2) is 5.40. The Balaban J connectivity index is 1.92. The molecule has 2 atom stereocenters. The lowest BCUT2D eigenvalue weighted by molar-refractivity contribution is 0.252. The van der Waals surface area contributed by atoms with Crippen molar-refractivity contribution < 1.29 is 0 Å². The van der Waals surface area contributed by atoms with Gasteiger partial charge in [0.05, 0.1) is 15.7 Å². The summed E-state index contributed by atoms with van der Waals surface area (Å²) in [6.07, 6.45) is 3.80. The van der Waals surface area contributed by atoms with E-state index in [1.807, 2.05) is 12.1 Å². The zero-order chi connectivity index (χ0) is 14.3. The molecule has 1 aromatic carbocycles. The Kier molecular flexibility index (Phi) is 3.91. The highest BCUT2D eigenvalue weighted by Gasteiger charge is 2.46. The van der Waals surface area contributed by atoms with Crippen LogP contribution in [0.15, 0.2) is 18.2 Å². The van der Waals surface area contributed by atoms with Crippen LogP contribution in [0, 0.1) is 5.92 Å². The summed E-state index contributed by atoms with van der Waals surface area (Å²) in [5, 5.41) is 5.11. The van der Waals surface area contributed by atoms with Crippen molar-refractivity contribution in [2.24, 2.45) is 5.92 Å². The molecule has 1 aromatic rings. The summed E-state index contributed by atoms with van der Waals surface area (Å²) in [7, 11) is 0. The van der Waals surface area contributed by atoms with Crippen molar-refractivity contribution in [3.63, 3.8) is 0 Å². The van der Waals surface area contributed by atoms with Crippen molar-refractivity contribution >= 4 is 28.9 Å². The fourth-order valence-electron chi connectivity index (χ4n) is 3.35. The lowest BCUT2D eigenvalue weighted by Gasteiger charge is -2.48. The van der Waals surface area contributed by atoms with Crippen LogP contribution in [0.25, 0.3) is 0 Å². The van der Waals surface area contributed by atoms with Gasteiger partial charge in [-0.05, 0) is 44.2 Å². The predicted octanol–water partition coefficient (Wildman–Crippen LogP) is 4.35. The Morgan fingerprint density at radius 2 is 2.10 bits per heavy atom. The first-order valence-corrected chi connectivity index (χ1v) is 8.26. The van der Waals surface area contributed by atoms with Gasteiger partial charge in [-0.15, -0.1) is 0 Å². The van der Waals surface area contributed by atoms with E-state index < -0.39 is 0 Å². The van der Waals surface area contributed by atoms with Crippen LogP contribution in [0.4, 0.5) is 5.69 Å². The van der Waals surface area contributed by atoms with Crippen LogP contribution in [-0.2, 0) is 0 Å². The quantitative estimate of drug-likeness (QED) is 0.892. The predicted molar refractivity (Wildman–Crippen MR) is 87.0 cm³/mol. The molecule has 0 spiro atoms. The first kappa shape index (κ1) is 14.5. The topological polar surface area (TPSA) is 15.3 Å². The number of anilines is 1. The molecule has 3 rings (SSSR count). The van der Waals surface area contributed by atoms with Crippen molar-refractivity contribution in [1.82, 2.24) is 5.32 Å². The van der Waals surface area contributed by atoms with E-state index >= 15 is 0 Å². The highest BCUT2D eigenvalue weighted by Crippen LogP contribution is 2.43. The van der Waals surface area contributed by atoms with Gasteiger partial charge in [-0.3, -0.25) is 0 Å². The number of rotatable bonds is 3. The molecule has 2 fully saturated rings. The number of hydrogen-bond donors (Lipinski definition) is 1. The maximum Gasteiger partial charge on any atom is 0.0825 e. The van der Waals surface area contributed by atoms with Gasteiger partial charge in [0.2, 0.25) is 0 Å². The highest BCUT2D eigenvalue weighted by atomic mass is 35.5. The minimum absolute atomic E-state index is 0.206. The second-order valence-electron chi connectivity index (χ2n) is 6.34. The van der Waals surface area contributed by atoms with Crippen LogP contribution in [0.2, 0.25) is 10.0 Å². The van der Waals surface area contributed by atoms with Crippen LogP contribution in [0.5, 0.6) is 0 Å². The molecule has 2 nitrogen and oxygen atoms in total. The number of halogens is 2. The van der Waals surface area contributed by atoms with Gasteiger partial charge in [-0.2, -0.15) is 0 Å². The van der Waals surface area contributed by atoms with Gasteiger partial charge in [-0.25, -0.2) is 0 Å². The zero-order valence-corrected chi connectivity index (χ0v) is 13.6. The standard InChI is InChI=1S/C16H22Cl2N2/c1-3-12-9-19-16(2,11-7-8-11)10-20(12)14-6-4-5-13(17)15(14)18/h4-6,11-12,19H,3,7-10H2,1-2H3. The SMILES string of the molecule is CCC1CNC(C)(C2CC2)CN1c1cccc(Cl)c1Cl. The highest BCUT2D eigenvalue weighted by molar-refractivity contribution is 6.43. The number of nitrogens with zero attached hydrogens (tertiary/aromatic N) is 1. The molecule has 1 heterocycles. The number of benzene rings is 1. The molecule has 0 radical (unpaired) electrons. The molecule has 0 bridgehead atoms. The molecule has 0 aromatic heterocycles. The first-order valence-electron chi connectivity index (χ1n) is 7.51. The van der Waals surface area contributed by atoms with Gasteiger partial charge in [0, 0.05) is 24.7 Å². The van der Waals surface area contributed by atoms with Gasteiger partial charge in [0.25, 0.3) is 0 Å². The van der Waals surface area contributed by atoms with Crippen LogP contribution >= 0.6 is 23.2 Å². The summed E-state index contributed by atoms with van der Waals surface area (Å²) in [6.45, 7) is 6.61. The van der Waals surface area contributed by atoms with Gasteiger partial charge < -0.3 is 10.2 Å². The van der Waals surface area contributed by atoms with Crippen molar-refractivity contribution in [2.45, 2.75) is 44.7 Å². The van der Waals surface area contributed by atoms with Crippen LogP contribution in [0.1, 0.15) is 33.1 Å². The molecule has 1 aliphatic heterocycles. The van der Waals surface area contributed by atoms with Crippen molar-refractivity contribution in [2.75, 3.05) is 18.0 Å². The lowest BCUT2D eigenvalue weighted by Crippen LogP contribution is -2.64. The number of piperazine rings is 1. The first-order chi connectivity index (χ1) is 9.55. The molecule has 1 N–H and O–H groups in total. The van der Waals surface area contributed by atoms with Gasteiger partial charge >= 0.3 is 0 Å². The van der Waals surface area contributed by atoms with Gasteiger partial charge in [0.15, 0.2) is 0 Å². The maximum atomic E-state index is 6.44.